The molecule has 1 aromatic heterocycles. The van der Waals surface area contributed by atoms with Crippen LogP contribution in [0.5, 0.6) is 0 Å². The molecule has 4 N–H and O–H groups in total. The molecule has 0 aliphatic carbocycles. The summed E-state index contributed by atoms with van der Waals surface area (Å²) in [5.41, 5.74) is 13.2. The molecule has 1 heterocycles. The summed E-state index contributed by atoms with van der Waals surface area (Å²) in [6, 6.07) is 3.06. The van der Waals surface area contributed by atoms with Crippen LogP contribution in [0.3, 0.4) is 0 Å². The van der Waals surface area contributed by atoms with E-state index in [-0.39, 0.29) is 5.56 Å². The van der Waals surface area contributed by atoms with Crippen molar-refractivity contribution in [1.82, 2.24) is 10.2 Å². The number of hydrogen-bond donors (Lipinski definition) is 2. The third kappa shape index (κ3) is 2.68. The number of benzene rings is 1. The molecule has 0 bridgehead atoms. The van der Waals surface area contributed by atoms with E-state index < -0.39 is 5.91 Å². The van der Waals surface area contributed by atoms with Crippen LogP contribution in [0.25, 0.3) is 0 Å². The second-order valence-corrected chi connectivity index (χ2v) is 5.55. The second kappa shape index (κ2) is 4.91. The van der Waals surface area contributed by atoms with Gasteiger partial charge in [0, 0.05) is 10.6 Å². The standard InChI is InChI=1S/C9H7ClN4OS2/c10-6-2-4(11)1-5(8(12)15)7(6)17-9-14-13-3-16-9/h1-3H,11H2,(H2,12,15). The SMILES string of the molecule is NC(=O)c1cc(N)cc(Cl)c1Sc1nncs1. The molecule has 0 aliphatic rings. The minimum absolute atomic E-state index is 0.287. The Morgan fingerprint density at radius 2 is 2.24 bits per heavy atom. The number of amides is 1. The average Bonchev–Trinajstić information content (AvgIpc) is 2.74. The normalized spacial score (nSPS) is 10.4. The Balaban J connectivity index is 2.48. The Bertz CT molecular complexity index is 558. The van der Waals surface area contributed by atoms with Crippen molar-refractivity contribution >= 4 is 46.3 Å². The zero-order chi connectivity index (χ0) is 12.4. The van der Waals surface area contributed by atoms with Gasteiger partial charge < -0.3 is 11.5 Å². The molecule has 1 amide bonds. The predicted octanol–water partition coefficient (Wildman–Crippen LogP) is 2.02. The fourth-order valence-corrected chi connectivity index (χ4v) is 3.08. The summed E-state index contributed by atoms with van der Waals surface area (Å²) < 4.78 is 0.680. The summed E-state index contributed by atoms with van der Waals surface area (Å²) in [5, 5.41) is 7.94. The highest BCUT2D eigenvalue weighted by molar-refractivity contribution is 8.01. The number of anilines is 1. The first-order valence-electron chi connectivity index (χ1n) is 4.41. The molecular weight excluding hydrogens is 280 g/mol. The molecule has 88 valence electrons. The largest absolute Gasteiger partial charge is 0.399 e. The van der Waals surface area contributed by atoms with Crippen molar-refractivity contribution in [3.05, 3.63) is 28.2 Å². The van der Waals surface area contributed by atoms with Crippen molar-refractivity contribution in [2.45, 2.75) is 9.24 Å². The van der Waals surface area contributed by atoms with Gasteiger partial charge in [-0.15, -0.1) is 10.2 Å². The van der Waals surface area contributed by atoms with Gasteiger partial charge in [-0.25, -0.2) is 0 Å². The number of carbonyl (C=O) groups is 1. The van der Waals surface area contributed by atoms with E-state index >= 15 is 0 Å². The van der Waals surface area contributed by atoms with Crippen molar-refractivity contribution in [3.63, 3.8) is 0 Å². The van der Waals surface area contributed by atoms with Crippen LogP contribution in [0, 0.1) is 0 Å². The minimum atomic E-state index is -0.578. The van der Waals surface area contributed by atoms with E-state index in [0.29, 0.717) is 19.9 Å². The number of halogens is 1. The molecular formula is C9H7ClN4OS2. The maximum atomic E-state index is 11.3. The number of primary amides is 1. The molecule has 0 saturated carbocycles. The van der Waals surface area contributed by atoms with Gasteiger partial charge >= 0.3 is 0 Å². The fraction of sp³-hybridized carbons (Fsp3) is 0. The first kappa shape index (κ1) is 12.2. The van der Waals surface area contributed by atoms with Gasteiger partial charge in [-0.2, -0.15) is 0 Å². The Hall–Kier alpha value is -1.31. The van der Waals surface area contributed by atoms with Crippen molar-refractivity contribution in [2.75, 3.05) is 5.73 Å². The minimum Gasteiger partial charge on any atom is -0.399 e. The third-order valence-electron chi connectivity index (χ3n) is 1.86. The zero-order valence-electron chi connectivity index (χ0n) is 8.38. The molecule has 2 rings (SSSR count). The Morgan fingerprint density at radius 1 is 1.47 bits per heavy atom. The molecule has 0 radical (unpaired) electrons. The summed E-state index contributed by atoms with van der Waals surface area (Å²) in [5.74, 6) is -0.578. The highest BCUT2D eigenvalue weighted by atomic mass is 35.5. The van der Waals surface area contributed by atoms with E-state index in [1.165, 1.54) is 29.2 Å². The van der Waals surface area contributed by atoms with Crippen LogP contribution < -0.4 is 11.5 Å². The van der Waals surface area contributed by atoms with Crippen molar-refractivity contribution < 1.29 is 4.79 Å². The lowest BCUT2D eigenvalue weighted by molar-refractivity contribution is 0.0997. The molecule has 8 heteroatoms. The summed E-state index contributed by atoms with van der Waals surface area (Å²) in [4.78, 5) is 11.9. The number of hydrogen-bond acceptors (Lipinski definition) is 6. The number of carbonyl (C=O) groups excluding carboxylic acids is 1. The molecule has 5 nitrogen and oxygen atoms in total. The van der Waals surface area contributed by atoms with E-state index in [4.69, 9.17) is 23.1 Å². The maximum absolute atomic E-state index is 11.3. The molecule has 0 saturated heterocycles. The lowest BCUT2D eigenvalue weighted by Crippen LogP contribution is -2.13. The first-order valence-corrected chi connectivity index (χ1v) is 6.48. The van der Waals surface area contributed by atoms with E-state index in [1.807, 2.05) is 0 Å². The highest BCUT2D eigenvalue weighted by Gasteiger charge is 2.15. The van der Waals surface area contributed by atoms with E-state index in [9.17, 15) is 4.79 Å². The van der Waals surface area contributed by atoms with Gasteiger partial charge in [0.05, 0.1) is 10.6 Å². The number of nitrogens with two attached hydrogens (primary N) is 2. The summed E-state index contributed by atoms with van der Waals surface area (Å²) in [6.45, 7) is 0. The number of nitrogens with zero attached hydrogens (tertiary/aromatic N) is 2. The Kier molecular flexibility index (Phi) is 3.51. The number of nitrogen functional groups attached to an aromatic ring is 1. The van der Waals surface area contributed by atoms with Gasteiger partial charge in [-0.1, -0.05) is 34.7 Å². The second-order valence-electron chi connectivity index (χ2n) is 3.05. The van der Waals surface area contributed by atoms with Crippen LogP contribution in [0.4, 0.5) is 5.69 Å². The number of aromatic nitrogens is 2. The van der Waals surface area contributed by atoms with Crippen LogP contribution in [0.1, 0.15) is 10.4 Å². The van der Waals surface area contributed by atoms with Crippen LogP contribution in [0.15, 0.2) is 26.9 Å². The van der Waals surface area contributed by atoms with Crippen LogP contribution in [-0.2, 0) is 0 Å². The first-order chi connectivity index (χ1) is 8.08. The Morgan fingerprint density at radius 3 is 2.82 bits per heavy atom. The van der Waals surface area contributed by atoms with Crippen molar-refractivity contribution in [3.8, 4) is 0 Å². The van der Waals surface area contributed by atoms with E-state index in [0.717, 1.165) is 0 Å². The lowest BCUT2D eigenvalue weighted by Gasteiger charge is -2.07. The molecule has 0 atom stereocenters. The topological polar surface area (TPSA) is 94.9 Å². The summed E-state index contributed by atoms with van der Waals surface area (Å²) in [7, 11) is 0. The molecule has 1 aromatic carbocycles. The zero-order valence-corrected chi connectivity index (χ0v) is 10.8. The van der Waals surface area contributed by atoms with Gasteiger partial charge in [-0.05, 0) is 12.1 Å². The van der Waals surface area contributed by atoms with Gasteiger partial charge in [0.15, 0.2) is 4.34 Å². The third-order valence-corrected chi connectivity index (χ3v) is 4.19. The maximum Gasteiger partial charge on any atom is 0.249 e. The fourth-order valence-electron chi connectivity index (χ4n) is 1.20. The smallest absolute Gasteiger partial charge is 0.249 e. The molecule has 17 heavy (non-hydrogen) atoms. The van der Waals surface area contributed by atoms with Gasteiger partial charge in [0.25, 0.3) is 0 Å². The van der Waals surface area contributed by atoms with Crippen LogP contribution >= 0.6 is 34.7 Å². The molecule has 0 spiro atoms. The van der Waals surface area contributed by atoms with Gasteiger partial charge in [-0.3, -0.25) is 4.79 Å². The average molecular weight is 287 g/mol. The monoisotopic (exact) mass is 286 g/mol. The molecule has 0 aliphatic heterocycles. The summed E-state index contributed by atoms with van der Waals surface area (Å²) in [6.07, 6.45) is 0. The highest BCUT2D eigenvalue weighted by Crippen LogP contribution is 2.37. The predicted molar refractivity (Wildman–Crippen MR) is 68.4 cm³/mol. The summed E-state index contributed by atoms with van der Waals surface area (Å²) >= 11 is 8.63. The van der Waals surface area contributed by atoms with Gasteiger partial charge in [0.2, 0.25) is 5.91 Å². The van der Waals surface area contributed by atoms with Crippen LogP contribution in [-0.4, -0.2) is 16.1 Å². The molecule has 0 fully saturated rings. The number of rotatable bonds is 3. The van der Waals surface area contributed by atoms with E-state index in [2.05, 4.69) is 10.2 Å². The molecule has 2 aromatic rings. The lowest BCUT2D eigenvalue weighted by atomic mass is 10.2. The quantitative estimate of drug-likeness (QED) is 0.842. The van der Waals surface area contributed by atoms with E-state index in [1.54, 1.807) is 11.6 Å². The van der Waals surface area contributed by atoms with Crippen molar-refractivity contribution in [1.29, 1.82) is 0 Å². The molecule has 0 unspecified atom stereocenters. The van der Waals surface area contributed by atoms with Crippen LogP contribution in [0.2, 0.25) is 5.02 Å². The Labute approximate surface area is 110 Å². The van der Waals surface area contributed by atoms with Gasteiger partial charge in [0.1, 0.15) is 5.51 Å². The van der Waals surface area contributed by atoms with Crippen molar-refractivity contribution in [2.24, 2.45) is 5.73 Å².